The SMILES string of the molecule is CC(C)C[C@H](NC(=O)[C@@H]1CCCN1C(=O)N(CCCl)N=O)C(=O)NCC(=O)NCCCl. The Balaban J connectivity index is 2.78. The van der Waals surface area contributed by atoms with Crippen LogP contribution in [0.1, 0.15) is 33.1 Å². The molecule has 13 heteroatoms. The van der Waals surface area contributed by atoms with E-state index in [1.807, 2.05) is 13.8 Å². The number of amides is 5. The lowest BCUT2D eigenvalue weighted by Crippen LogP contribution is -2.55. The Morgan fingerprint density at radius 3 is 2.45 bits per heavy atom. The molecule has 2 atom stereocenters. The minimum Gasteiger partial charge on any atom is -0.353 e. The maximum atomic E-state index is 12.9. The van der Waals surface area contributed by atoms with E-state index in [1.165, 1.54) is 4.90 Å². The summed E-state index contributed by atoms with van der Waals surface area (Å²) >= 11 is 11.1. The summed E-state index contributed by atoms with van der Waals surface area (Å²) < 4.78 is 0. The second-order valence-electron chi connectivity index (χ2n) is 7.48. The van der Waals surface area contributed by atoms with Crippen molar-refractivity contribution in [2.45, 2.75) is 45.2 Å². The van der Waals surface area contributed by atoms with Gasteiger partial charge < -0.3 is 20.9 Å². The van der Waals surface area contributed by atoms with Crippen LogP contribution in [-0.2, 0) is 14.4 Å². The van der Waals surface area contributed by atoms with Crippen LogP contribution in [0.5, 0.6) is 0 Å². The highest BCUT2D eigenvalue weighted by Gasteiger charge is 2.38. The molecule has 31 heavy (non-hydrogen) atoms. The normalized spacial score (nSPS) is 16.5. The van der Waals surface area contributed by atoms with E-state index in [0.717, 1.165) is 0 Å². The van der Waals surface area contributed by atoms with Gasteiger partial charge in [-0.15, -0.1) is 28.1 Å². The number of nitrogens with zero attached hydrogens (tertiary/aromatic N) is 3. The van der Waals surface area contributed by atoms with Crippen molar-refractivity contribution in [1.82, 2.24) is 25.9 Å². The van der Waals surface area contributed by atoms with Gasteiger partial charge in [0, 0.05) is 24.8 Å². The van der Waals surface area contributed by atoms with Crippen LogP contribution >= 0.6 is 23.2 Å². The summed E-state index contributed by atoms with van der Waals surface area (Å²) in [5.41, 5.74) is 0. The number of urea groups is 1. The second kappa shape index (κ2) is 14.0. The number of carbonyl (C=O) groups excluding carboxylic acids is 4. The van der Waals surface area contributed by atoms with Gasteiger partial charge >= 0.3 is 6.03 Å². The maximum Gasteiger partial charge on any atom is 0.343 e. The topological polar surface area (TPSA) is 140 Å². The molecule has 0 bridgehead atoms. The number of carbonyl (C=O) groups is 4. The average molecular weight is 481 g/mol. The van der Waals surface area contributed by atoms with Crippen LogP contribution in [0.2, 0.25) is 0 Å². The van der Waals surface area contributed by atoms with Gasteiger partial charge in [-0.2, -0.15) is 5.01 Å². The molecule has 0 radical (unpaired) electrons. The Morgan fingerprint density at radius 1 is 1.16 bits per heavy atom. The van der Waals surface area contributed by atoms with Gasteiger partial charge in [0.2, 0.25) is 17.7 Å². The first-order valence-corrected chi connectivity index (χ1v) is 11.2. The van der Waals surface area contributed by atoms with Crippen molar-refractivity contribution in [3.05, 3.63) is 4.91 Å². The van der Waals surface area contributed by atoms with Crippen molar-refractivity contribution in [2.24, 2.45) is 11.2 Å². The summed E-state index contributed by atoms with van der Waals surface area (Å²) in [6, 6.07) is -2.41. The molecule has 0 saturated carbocycles. The first-order chi connectivity index (χ1) is 14.7. The highest BCUT2D eigenvalue weighted by atomic mass is 35.5. The minimum absolute atomic E-state index is 0.0251. The van der Waals surface area contributed by atoms with E-state index in [0.29, 0.717) is 24.3 Å². The third kappa shape index (κ3) is 8.86. The summed E-state index contributed by atoms with van der Waals surface area (Å²) in [7, 11) is 0. The Labute approximate surface area is 191 Å². The molecule has 1 fully saturated rings. The molecule has 1 heterocycles. The standard InChI is InChI=1S/C18H30Cl2N6O5/c1-12(2)10-13(16(28)22-11-15(27)21-7-5-19)23-17(29)14-4-3-8-25(14)18(30)26(24-31)9-6-20/h12-14H,3-11H2,1-2H3,(H,21,27)(H,22,28)(H,23,29)/t13-,14-/m0/s1. The van der Waals surface area contributed by atoms with Gasteiger partial charge in [-0.3, -0.25) is 14.4 Å². The first-order valence-electron chi connectivity index (χ1n) is 10.1. The van der Waals surface area contributed by atoms with Crippen molar-refractivity contribution < 1.29 is 19.2 Å². The van der Waals surface area contributed by atoms with Gasteiger partial charge in [-0.05, 0) is 25.2 Å². The largest absolute Gasteiger partial charge is 0.353 e. The van der Waals surface area contributed by atoms with Crippen LogP contribution in [0.25, 0.3) is 0 Å². The molecule has 0 spiro atoms. The first kappa shape index (κ1) is 26.9. The lowest BCUT2D eigenvalue weighted by atomic mass is 10.0. The Bertz CT molecular complexity index is 651. The van der Waals surface area contributed by atoms with Gasteiger partial charge in [0.25, 0.3) is 0 Å². The van der Waals surface area contributed by atoms with Crippen molar-refractivity contribution in [3.63, 3.8) is 0 Å². The zero-order valence-corrected chi connectivity index (χ0v) is 19.2. The average Bonchev–Trinajstić information content (AvgIpc) is 3.23. The van der Waals surface area contributed by atoms with E-state index in [9.17, 15) is 24.1 Å². The lowest BCUT2D eigenvalue weighted by Gasteiger charge is -2.28. The fraction of sp³-hybridized carbons (Fsp3) is 0.778. The van der Waals surface area contributed by atoms with Gasteiger partial charge in [-0.1, -0.05) is 13.8 Å². The molecule has 1 saturated heterocycles. The van der Waals surface area contributed by atoms with E-state index in [1.54, 1.807) is 0 Å². The number of rotatable bonds is 12. The molecule has 1 aliphatic rings. The van der Waals surface area contributed by atoms with Crippen LogP contribution in [0.4, 0.5) is 4.79 Å². The van der Waals surface area contributed by atoms with Crippen molar-refractivity contribution in [1.29, 1.82) is 0 Å². The molecule has 0 unspecified atom stereocenters. The van der Waals surface area contributed by atoms with Crippen LogP contribution < -0.4 is 16.0 Å². The Morgan fingerprint density at radius 2 is 1.87 bits per heavy atom. The summed E-state index contributed by atoms with van der Waals surface area (Å²) in [5, 5.41) is 11.1. The molecule has 1 rings (SSSR count). The number of alkyl halides is 2. The zero-order valence-electron chi connectivity index (χ0n) is 17.7. The quantitative estimate of drug-likeness (QED) is 0.215. The smallest absolute Gasteiger partial charge is 0.343 e. The molecule has 0 aromatic rings. The van der Waals surface area contributed by atoms with E-state index in [2.05, 4.69) is 21.2 Å². The molecule has 5 amide bonds. The summed E-state index contributed by atoms with van der Waals surface area (Å²) in [5.74, 6) is -1.04. The molecule has 1 aliphatic heterocycles. The lowest BCUT2D eigenvalue weighted by molar-refractivity contribution is -0.132. The number of nitrogens with one attached hydrogen (secondary N) is 3. The van der Waals surface area contributed by atoms with E-state index in [4.69, 9.17) is 23.2 Å². The van der Waals surface area contributed by atoms with E-state index in [-0.39, 0.29) is 43.9 Å². The van der Waals surface area contributed by atoms with Gasteiger partial charge in [-0.25, -0.2) is 4.79 Å². The molecule has 0 aromatic carbocycles. The highest BCUT2D eigenvalue weighted by molar-refractivity contribution is 6.18. The fourth-order valence-corrected chi connectivity index (χ4v) is 3.43. The van der Waals surface area contributed by atoms with Crippen LogP contribution in [0.3, 0.4) is 0 Å². The minimum atomic E-state index is -0.881. The fourth-order valence-electron chi connectivity index (χ4n) is 3.18. The summed E-state index contributed by atoms with van der Waals surface area (Å²) in [6.07, 6.45) is 1.30. The van der Waals surface area contributed by atoms with Crippen molar-refractivity contribution >= 4 is 47.0 Å². The van der Waals surface area contributed by atoms with Crippen LogP contribution in [-0.4, -0.2) is 83.7 Å². The molecule has 11 nitrogen and oxygen atoms in total. The van der Waals surface area contributed by atoms with Gasteiger partial charge in [0.1, 0.15) is 12.1 Å². The number of hydrogen-bond acceptors (Lipinski definition) is 6. The van der Waals surface area contributed by atoms with Gasteiger partial charge in [0.15, 0.2) is 0 Å². The second-order valence-corrected chi connectivity index (χ2v) is 8.23. The monoisotopic (exact) mass is 480 g/mol. The highest BCUT2D eigenvalue weighted by Crippen LogP contribution is 2.20. The van der Waals surface area contributed by atoms with Gasteiger partial charge in [0.05, 0.1) is 18.4 Å². The van der Waals surface area contributed by atoms with E-state index < -0.39 is 35.8 Å². The number of halogens is 2. The molecule has 0 aliphatic carbocycles. The third-order valence-electron chi connectivity index (χ3n) is 4.60. The predicted molar refractivity (Wildman–Crippen MR) is 116 cm³/mol. The van der Waals surface area contributed by atoms with Crippen LogP contribution in [0.15, 0.2) is 5.29 Å². The van der Waals surface area contributed by atoms with Crippen LogP contribution in [0, 0.1) is 10.8 Å². The predicted octanol–water partition coefficient (Wildman–Crippen LogP) is 0.795. The maximum absolute atomic E-state index is 12.9. The molecular weight excluding hydrogens is 451 g/mol. The third-order valence-corrected chi connectivity index (χ3v) is 4.95. The summed E-state index contributed by atoms with van der Waals surface area (Å²) in [6.45, 7) is 4.04. The van der Waals surface area contributed by atoms with E-state index >= 15 is 0 Å². The van der Waals surface area contributed by atoms with Crippen molar-refractivity contribution in [2.75, 3.05) is 37.9 Å². The van der Waals surface area contributed by atoms with Crippen molar-refractivity contribution in [3.8, 4) is 0 Å². The zero-order chi connectivity index (χ0) is 23.4. The molecule has 0 aromatic heterocycles. The Hall–Kier alpha value is -2.14. The summed E-state index contributed by atoms with van der Waals surface area (Å²) in [4.78, 5) is 61.8. The molecule has 176 valence electrons. The molecule has 3 N–H and O–H groups in total. The Kier molecular flexibility index (Phi) is 12.2. The number of nitroso groups, excluding NO2 is 1. The number of hydrogen-bond donors (Lipinski definition) is 3. The number of likely N-dealkylation sites (tertiary alicyclic amines) is 1. The molecular formula is C18H30Cl2N6O5.